The van der Waals surface area contributed by atoms with E-state index in [2.05, 4.69) is 25.7 Å². The van der Waals surface area contributed by atoms with Crippen LogP contribution in [0.2, 0.25) is 5.02 Å². The second kappa shape index (κ2) is 9.26. The predicted molar refractivity (Wildman–Crippen MR) is 123 cm³/mol. The summed E-state index contributed by atoms with van der Waals surface area (Å²) in [5.74, 6) is 0.114. The molecule has 1 aromatic carbocycles. The average molecular weight is 483 g/mol. The Hall–Kier alpha value is -2.34. The van der Waals surface area contributed by atoms with Gasteiger partial charge in [-0.1, -0.05) is 17.7 Å². The molecule has 0 bridgehead atoms. The fourth-order valence-electron chi connectivity index (χ4n) is 4.03. The van der Waals surface area contributed by atoms with Gasteiger partial charge < -0.3 is 14.9 Å². The number of halogens is 1. The number of sulfonamides is 1. The molecule has 0 spiro atoms. The van der Waals surface area contributed by atoms with Crippen molar-refractivity contribution in [2.45, 2.75) is 19.1 Å². The van der Waals surface area contributed by atoms with E-state index in [0.29, 0.717) is 37.7 Å². The van der Waals surface area contributed by atoms with E-state index in [0.717, 1.165) is 41.7 Å². The van der Waals surface area contributed by atoms with Crippen LogP contribution in [0, 0.1) is 0 Å². The number of carbonyl (C=O) groups excluding carboxylic acids is 1. The van der Waals surface area contributed by atoms with Crippen LogP contribution in [0.25, 0.3) is 0 Å². The molecule has 1 atom stereocenters. The molecular weight excluding hydrogens is 456 g/mol. The van der Waals surface area contributed by atoms with Gasteiger partial charge in [-0.25, -0.2) is 13.2 Å². The molecule has 2 aliphatic rings. The van der Waals surface area contributed by atoms with E-state index >= 15 is 0 Å². The zero-order chi connectivity index (χ0) is 22.9. The lowest BCUT2D eigenvalue weighted by Gasteiger charge is -2.34. The monoisotopic (exact) mass is 482 g/mol. The SMILES string of the molecule is CS(=O)(=O)Nc1ccn(C(=O)N2CCN(Cc3ccc(Cl)c(N4CC[C@H](O)C4)c3)CC2)n1. The van der Waals surface area contributed by atoms with Gasteiger partial charge in [-0.2, -0.15) is 4.68 Å². The number of aromatic nitrogens is 2. The number of β-amino-alcohol motifs (C(OH)–C–C–N with tert-alkyl or cyclic N) is 1. The first-order chi connectivity index (χ1) is 15.2. The Morgan fingerprint density at radius 1 is 1.22 bits per heavy atom. The Bertz CT molecular complexity index is 1080. The zero-order valence-corrected chi connectivity index (χ0v) is 19.4. The summed E-state index contributed by atoms with van der Waals surface area (Å²) >= 11 is 6.39. The molecule has 2 saturated heterocycles. The molecule has 12 heteroatoms. The second-order valence-electron chi connectivity index (χ2n) is 8.24. The minimum Gasteiger partial charge on any atom is -0.391 e. The third-order valence-corrected chi connectivity index (χ3v) is 6.54. The lowest BCUT2D eigenvalue weighted by molar-refractivity contribution is 0.134. The van der Waals surface area contributed by atoms with Crippen molar-refractivity contribution in [2.75, 3.05) is 55.1 Å². The summed E-state index contributed by atoms with van der Waals surface area (Å²) in [6.07, 6.45) is 2.92. The highest BCUT2D eigenvalue weighted by Gasteiger charge is 2.25. The number of amides is 1. The fourth-order valence-corrected chi connectivity index (χ4v) is 4.76. The summed E-state index contributed by atoms with van der Waals surface area (Å²) in [5, 5.41) is 14.5. The third kappa shape index (κ3) is 5.52. The number of nitrogens with one attached hydrogen (secondary N) is 1. The average Bonchev–Trinajstić information content (AvgIpc) is 3.37. The van der Waals surface area contributed by atoms with Crippen molar-refractivity contribution in [1.29, 1.82) is 0 Å². The highest BCUT2D eigenvalue weighted by molar-refractivity contribution is 7.92. The Labute approximate surface area is 192 Å². The summed E-state index contributed by atoms with van der Waals surface area (Å²) in [7, 11) is -3.45. The lowest BCUT2D eigenvalue weighted by atomic mass is 10.1. The summed E-state index contributed by atoms with van der Waals surface area (Å²) in [6.45, 7) is 4.65. The molecule has 4 rings (SSSR count). The van der Waals surface area contributed by atoms with Crippen LogP contribution in [0.5, 0.6) is 0 Å². The number of nitrogens with zero attached hydrogens (tertiary/aromatic N) is 5. The van der Waals surface area contributed by atoms with Crippen LogP contribution in [0.4, 0.5) is 16.3 Å². The number of anilines is 2. The van der Waals surface area contributed by atoms with Crippen LogP contribution >= 0.6 is 11.6 Å². The first-order valence-electron chi connectivity index (χ1n) is 10.4. The lowest BCUT2D eigenvalue weighted by Crippen LogP contribution is -2.49. The molecule has 2 fully saturated rings. The van der Waals surface area contributed by atoms with Crippen LogP contribution in [0.3, 0.4) is 0 Å². The van der Waals surface area contributed by atoms with Gasteiger partial charge in [0.25, 0.3) is 0 Å². The Morgan fingerprint density at radius 2 is 1.97 bits per heavy atom. The molecule has 2 N–H and O–H groups in total. The standard InChI is InChI=1S/C20H27ClN6O4S/c1-32(30,31)23-19-5-7-27(22-19)20(29)25-10-8-24(9-11-25)13-15-2-3-17(21)18(12-15)26-6-4-16(28)14-26/h2-3,5,7,12,16,28H,4,6,8-11,13-14H2,1H3,(H,22,23)/t16-/m0/s1. The maximum absolute atomic E-state index is 12.7. The molecule has 3 heterocycles. The van der Waals surface area contributed by atoms with Crippen molar-refractivity contribution in [3.8, 4) is 0 Å². The molecule has 10 nitrogen and oxygen atoms in total. The van der Waals surface area contributed by atoms with E-state index in [4.69, 9.17) is 11.6 Å². The van der Waals surface area contributed by atoms with Crippen molar-refractivity contribution < 1.29 is 18.3 Å². The molecule has 0 saturated carbocycles. The number of hydrogen-bond donors (Lipinski definition) is 2. The normalized spacial score (nSPS) is 20.0. The van der Waals surface area contributed by atoms with Gasteiger partial charge in [0.1, 0.15) is 0 Å². The zero-order valence-electron chi connectivity index (χ0n) is 17.8. The Balaban J connectivity index is 1.33. The van der Waals surface area contributed by atoms with E-state index in [9.17, 15) is 18.3 Å². The van der Waals surface area contributed by atoms with E-state index in [1.165, 1.54) is 12.3 Å². The smallest absolute Gasteiger partial charge is 0.344 e. The van der Waals surface area contributed by atoms with E-state index < -0.39 is 10.0 Å². The minimum atomic E-state index is -3.45. The molecule has 0 aliphatic carbocycles. The van der Waals surface area contributed by atoms with Gasteiger partial charge in [0, 0.05) is 58.1 Å². The molecule has 1 aromatic heterocycles. The molecular formula is C20H27ClN6O4S. The van der Waals surface area contributed by atoms with Crippen LogP contribution < -0.4 is 9.62 Å². The van der Waals surface area contributed by atoms with Gasteiger partial charge in [0.05, 0.1) is 23.1 Å². The molecule has 2 aliphatic heterocycles. The van der Waals surface area contributed by atoms with Crippen molar-refractivity contribution in [1.82, 2.24) is 19.6 Å². The summed E-state index contributed by atoms with van der Waals surface area (Å²) in [4.78, 5) is 18.8. The topological polar surface area (TPSA) is 111 Å². The Kier molecular flexibility index (Phi) is 6.61. The summed E-state index contributed by atoms with van der Waals surface area (Å²) < 4.78 is 26.0. The molecule has 2 aromatic rings. The van der Waals surface area contributed by atoms with Crippen LogP contribution in [-0.4, -0.2) is 90.8 Å². The van der Waals surface area contributed by atoms with E-state index in [1.807, 2.05) is 12.1 Å². The maximum atomic E-state index is 12.7. The summed E-state index contributed by atoms with van der Waals surface area (Å²) in [6, 6.07) is 7.16. The van der Waals surface area contributed by atoms with E-state index in [-0.39, 0.29) is 18.0 Å². The van der Waals surface area contributed by atoms with Crippen LogP contribution in [0.15, 0.2) is 30.5 Å². The predicted octanol–water partition coefficient (Wildman–Crippen LogP) is 1.26. The van der Waals surface area contributed by atoms with E-state index in [1.54, 1.807) is 4.90 Å². The van der Waals surface area contributed by atoms with Crippen molar-refractivity contribution in [2.24, 2.45) is 0 Å². The van der Waals surface area contributed by atoms with Crippen LogP contribution in [0.1, 0.15) is 12.0 Å². The number of aliphatic hydroxyl groups excluding tert-OH is 1. The number of rotatable bonds is 5. The van der Waals surface area contributed by atoms with Crippen molar-refractivity contribution in [3.63, 3.8) is 0 Å². The number of aliphatic hydroxyl groups is 1. The van der Waals surface area contributed by atoms with Gasteiger partial charge in [-0.3, -0.25) is 9.62 Å². The first kappa shape index (κ1) is 22.8. The fraction of sp³-hybridized carbons (Fsp3) is 0.500. The summed E-state index contributed by atoms with van der Waals surface area (Å²) in [5.41, 5.74) is 2.08. The largest absolute Gasteiger partial charge is 0.391 e. The molecule has 0 unspecified atom stereocenters. The maximum Gasteiger partial charge on any atom is 0.344 e. The van der Waals surface area contributed by atoms with Gasteiger partial charge in [0.2, 0.25) is 10.0 Å². The molecule has 1 amide bonds. The van der Waals surface area contributed by atoms with Gasteiger partial charge >= 0.3 is 6.03 Å². The number of hydrogen-bond acceptors (Lipinski definition) is 7. The third-order valence-electron chi connectivity index (χ3n) is 5.64. The van der Waals surface area contributed by atoms with Crippen molar-refractivity contribution >= 4 is 39.2 Å². The molecule has 32 heavy (non-hydrogen) atoms. The number of benzene rings is 1. The van der Waals surface area contributed by atoms with Gasteiger partial charge in [0.15, 0.2) is 5.82 Å². The highest BCUT2D eigenvalue weighted by atomic mass is 35.5. The number of carbonyl (C=O) groups is 1. The minimum absolute atomic E-state index is 0.114. The highest BCUT2D eigenvalue weighted by Crippen LogP contribution is 2.30. The second-order valence-corrected chi connectivity index (χ2v) is 10.4. The quantitative estimate of drug-likeness (QED) is 0.660. The number of piperazine rings is 1. The molecule has 0 radical (unpaired) electrons. The van der Waals surface area contributed by atoms with Gasteiger partial charge in [-0.05, 0) is 24.1 Å². The Morgan fingerprint density at radius 3 is 2.62 bits per heavy atom. The molecule has 174 valence electrons. The van der Waals surface area contributed by atoms with Crippen molar-refractivity contribution in [3.05, 3.63) is 41.0 Å². The van der Waals surface area contributed by atoms with Crippen LogP contribution in [-0.2, 0) is 16.6 Å². The first-order valence-corrected chi connectivity index (χ1v) is 12.7. The van der Waals surface area contributed by atoms with Gasteiger partial charge in [-0.15, -0.1) is 5.10 Å².